The largest absolute Gasteiger partial charge is 0.510 e. The van der Waals surface area contributed by atoms with Gasteiger partial charge in [0.15, 0.2) is 6.23 Å². The second-order valence-electron chi connectivity index (χ2n) is 4.13. The number of thiocarbonyl (C=S) groups is 1. The van der Waals surface area contributed by atoms with Gasteiger partial charge in [0.2, 0.25) is 9.70 Å². The van der Waals surface area contributed by atoms with Crippen LogP contribution in [0.3, 0.4) is 0 Å². The Balaban J connectivity index is 2.45. The third kappa shape index (κ3) is 6.88. The molecule has 22 heavy (non-hydrogen) atoms. The van der Waals surface area contributed by atoms with Crippen LogP contribution in [0.15, 0.2) is 0 Å². The fraction of sp³-hybridized carbons (Fsp3) is 0.727. The molecule has 1 saturated heterocycles. The van der Waals surface area contributed by atoms with Crippen LogP contribution in [0.4, 0.5) is 4.79 Å². The van der Waals surface area contributed by atoms with Crippen molar-refractivity contribution in [3.8, 4) is 0 Å². The standard InChI is InChI=1S/C11H14Cl3NO4S3/c1-3-21-10(20)22-8-4-7(16)15(8)6(2)19-9(17)18-5-11(12,13)14/h6,8H,3-5H2,1-2H3/t6-,8?/m0/s1. The number of amides is 1. The summed E-state index contributed by atoms with van der Waals surface area (Å²) in [7, 11) is 0. The predicted octanol–water partition coefficient (Wildman–Crippen LogP) is 4.19. The summed E-state index contributed by atoms with van der Waals surface area (Å²) in [5.74, 6) is 0.741. The SMILES string of the molecule is CCSC(=S)SC1CC(=O)N1[C@H](C)OC(=O)OCC(Cl)(Cl)Cl. The van der Waals surface area contributed by atoms with Crippen LogP contribution in [0.25, 0.3) is 0 Å². The van der Waals surface area contributed by atoms with Crippen molar-refractivity contribution in [2.75, 3.05) is 12.4 Å². The minimum atomic E-state index is -1.71. The Morgan fingerprint density at radius 1 is 1.55 bits per heavy atom. The Morgan fingerprint density at radius 3 is 2.68 bits per heavy atom. The van der Waals surface area contributed by atoms with Crippen molar-refractivity contribution in [2.45, 2.75) is 35.7 Å². The van der Waals surface area contributed by atoms with Crippen LogP contribution in [0.5, 0.6) is 0 Å². The smallest absolute Gasteiger partial charge is 0.430 e. The lowest BCUT2D eigenvalue weighted by Crippen LogP contribution is -2.56. The van der Waals surface area contributed by atoms with Gasteiger partial charge >= 0.3 is 6.16 Å². The van der Waals surface area contributed by atoms with Gasteiger partial charge in [-0.1, -0.05) is 65.7 Å². The van der Waals surface area contributed by atoms with Gasteiger partial charge in [0.25, 0.3) is 0 Å². The minimum Gasteiger partial charge on any atom is -0.430 e. The summed E-state index contributed by atoms with van der Waals surface area (Å²) in [5.41, 5.74) is 0. The Bertz CT molecular complexity index is 447. The molecule has 0 bridgehead atoms. The summed E-state index contributed by atoms with van der Waals surface area (Å²) < 4.78 is 8.69. The molecule has 0 spiro atoms. The van der Waals surface area contributed by atoms with E-state index in [1.54, 1.807) is 6.92 Å². The average molecular weight is 427 g/mol. The molecule has 0 aromatic carbocycles. The highest BCUT2D eigenvalue weighted by molar-refractivity contribution is 8.47. The zero-order valence-electron chi connectivity index (χ0n) is 11.7. The molecule has 0 aromatic heterocycles. The van der Waals surface area contributed by atoms with Crippen molar-refractivity contribution in [1.82, 2.24) is 4.90 Å². The van der Waals surface area contributed by atoms with Gasteiger partial charge < -0.3 is 9.47 Å². The molecule has 5 nitrogen and oxygen atoms in total. The van der Waals surface area contributed by atoms with Gasteiger partial charge in [0, 0.05) is 0 Å². The van der Waals surface area contributed by atoms with Gasteiger partial charge in [-0.2, -0.15) is 0 Å². The van der Waals surface area contributed by atoms with Crippen LogP contribution in [-0.4, -0.2) is 48.2 Å². The lowest BCUT2D eigenvalue weighted by Gasteiger charge is -2.42. The van der Waals surface area contributed by atoms with Crippen molar-refractivity contribution in [3.05, 3.63) is 0 Å². The number of nitrogens with zero attached hydrogens (tertiary/aromatic N) is 1. The summed E-state index contributed by atoms with van der Waals surface area (Å²) in [6.07, 6.45) is -1.43. The fourth-order valence-electron chi connectivity index (χ4n) is 1.57. The van der Waals surface area contributed by atoms with Crippen LogP contribution in [0.1, 0.15) is 20.3 Å². The number of ether oxygens (including phenoxy) is 2. The number of carbonyl (C=O) groups excluding carboxylic acids is 2. The maximum absolute atomic E-state index is 11.7. The van der Waals surface area contributed by atoms with Gasteiger partial charge in [0.1, 0.15) is 10.1 Å². The number of β-lactam (4-membered cyclic amide) rings is 1. The van der Waals surface area contributed by atoms with Gasteiger partial charge in [0.05, 0.1) is 11.8 Å². The third-order valence-corrected chi connectivity index (χ3v) is 5.45. The predicted molar refractivity (Wildman–Crippen MR) is 95.8 cm³/mol. The van der Waals surface area contributed by atoms with E-state index >= 15 is 0 Å². The second-order valence-corrected chi connectivity index (χ2v) is 10.3. The molecule has 1 fully saturated rings. The summed E-state index contributed by atoms with van der Waals surface area (Å²) in [4.78, 5) is 24.6. The molecule has 1 heterocycles. The molecule has 0 saturated carbocycles. The van der Waals surface area contributed by atoms with Crippen molar-refractivity contribution in [2.24, 2.45) is 0 Å². The number of hydrogen-bond donors (Lipinski definition) is 0. The molecule has 126 valence electrons. The molecule has 0 radical (unpaired) electrons. The van der Waals surface area contributed by atoms with Crippen LogP contribution < -0.4 is 0 Å². The Morgan fingerprint density at radius 2 is 2.18 bits per heavy atom. The molecule has 0 N–H and O–H groups in total. The maximum atomic E-state index is 11.7. The highest BCUT2D eigenvalue weighted by atomic mass is 35.6. The molecule has 1 aliphatic rings. The van der Waals surface area contributed by atoms with E-state index in [0.29, 0.717) is 6.42 Å². The molecule has 1 amide bonds. The van der Waals surface area contributed by atoms with Crippen LogP contribution in [-0.2, 0) is 14.3 Å². The third-order valence-electron chi connectivity index (χ3n) is 2.45. The fourth-order valence-corrected chi connectivity index (χ4v) is 4.47. The van der Waals surface area contributed by atoms with E-state index in [-0.39, 0.29) is 11.3 Å². The first-order valence-electron chi connectivity index (χ1n) is 6.18. The number of alkyl halides is 3. The highest BCUT2D eigenvalue weighted by Gasteiger charge is 2.42. The Kier molecular flexibility index (Phi) is 8.39. The van der Waals surface area contributed by atoms with Crippen molar-refractivity contribution < 1.29 is 19.1 Å². The number of rotatable bonds is 5. The number of carbonyl (C=O) groups is 2. The normalized spacial score (nSPS) is 19.4. The number of thioether (sulfide) groups is 2. The molecule has 1 aliphatic heterocycles. The number of likely N-dealkylation sites (tertiary alicyclic amines) is 1. The zero-order chi connectivity index (χ0) is 16.9. The van der Waals surface area contributed by atoms with Crippen molar-refractivity contribution >= 4 is 86.1 Å². The first-order chi connectivity index (χ1) is 10.1. The minimum absolute atomic E-state index is 0.122. The molecule has 1 rings (SSSR count). The van der Waals surface area contributed by atoms with Gasteiger partial charge in [-0.25, -0.2) is 4.79 Å². The lowest BCUT2D eigenvalue weighted by molar-refractivity contribution is -0.156. The van der Waals surface area contributed by atoms with E-state index in [2.05, 4.69) is 4.74 Å². The Labute approximate surface area is 157 Å². The van der Waals surface area contributed by atoms with Crippen molar-refractivity contribution in [3.63, 3.8) is 0 Å². The van der Waals surface area contributed by atoms with Crippen LogP contribution in [0, 0.1) is 0 Å². The summed E-state index contributed by atoms with van der Waals surface area (Å²) in [6.45, 7) is 3.12. The highest BCUT2D eigenvalue weighted by Crippen LogP contribution is 2.35. The van der Waals surface area contributed by atoms with E-state index in [0.717, 1.165) is 9.28 Å². The van der Waals surface area contributed by atoms with E-state index in [9.17, 15) is 9.59 Å². The van der Waals surface area contributed by atoms with E-state index < -0.39 is 22.8 Å². The molecular weight excluding hydrogens is 413 g/mol. The first kappa shape index (κ1) is 20.4. The van der Waals surface area contributed by atoms with E-state index in [1.165, 1.54) is 28.4 Å². The van der Waals surface area contributed by atoms with Crippen molar-refractivity contribution in [1.29, 1.82) is 0 Å². The second kappa shape index (κ2) is 9.03. The van der Waals surface area contributed by atoms with E-state index in [1.807, 2.05) is 6.92 Å². The maximum Gasteiger partial charge on any atom is 0.510 e. The molecular formula is C11H14Cl3NO4S3. The molecule has 1 unspecified atom stereocenters. The van der Waals surface area contributed by atoms with Crippen LogP contribution >= 0.6 is 70.5 Å². The molecule has 0 aliphatic carbocycles. The average Bonchev–Trinajstić information content (AvgIpc) is 2.34. The van der Waals surface area contributed by atoms with Gasteiger partial charge in [-0.3, -0.25) is 9.69 Å². The summed E-state index contributed by atoms with van der Waals surface area (Å²) >= 11 is 24.5. The Hall–Kier alpha value is 0.400. The molecule has 2 atom stereocenters. The molecule has 0 aromatic rings. The monoisotopic (exact) mass is 425 g/mol. The molecule has 11 heteroatoms. The van der Waals surface area contributed by atoms with Gasteiger partial charge in [-0.15, -0.1) is 11.8 Å². The quantitative estimate of drug-likeness (QED) is 0.283. The topological polar surface area (TPSA) is 55.8 Å². The zero-order valence-corrected chi connectivity index (χ0v) is 16.4. The number of hydrogen-bond acceptors (Lipinski definition) is 7. The summed E-state index contributed by atoms with van der Waals surface area (Å²) in [5, 5.41) is -0.143. The first-order valence-corrected chi connectivity index (χ1v) is 9.59. The van der Waals surface area contributed by atoms with Crippen LogP contribution in [0.2, 0.25) is 0 Å². The summed E-state index contributed by atoms with van der Waals surface area (Å²) in [6, 6.07) is 0. The lowest BCUT2D eigenvalue weighted by atomic mass is 10.2. The van der Waals surface area contributed by atoms with E-state index in [4.69, 9.17) is 51.8 Å². The number of halogens is 3. The van der Waals surface area contributed by atoms with Gasteiger partial charge in [-0.05, 0) is 12.7 Å².